The second-order valence-electron chi connectivity index (χ2n) is 24.4. The number of amides is 10. The summed E-state index contributed by atoms with van der Waals surface area (Å²) in [6.07, 6.45) is 12.5. The number of likely N-dealkylation sites (N-methyl/N-ethyl adjacent to an activating group) is 2. The number of carbonyl (C=O) groups excluding carboxylic acids is 10. The highest BCUT2D eigenvalue weighted by molar-refractivity contribution is 5.99. The Bertz CT molecular complexity index is 3560. The van der Waals surface area contributed by atoms with Gasteiger partial charge in [-0.15, -0.1) is 0 Å². The molecule has 0 unspecified atom stereocenters. The molecule has 0 bridgehead atoms. The van der Waals surface area contributed by atoms with Crippen LogP contribution in [0.2, 0.25) is 0 Å². The zero-order valence-corrected chi connectivity index (χ0v) is 53.3. The Morgan fingerprint density at radius 3 is 2.09 bits per heavy atom. The van der Waals surface area contributed by atoms with Crippen molar-refractivity contribution in [1.29, 1.82) is 0 Å². The van der Waals surface area contributed by atoms with Gasteiger partial charge in [0.25, 0.3) is 0 Å². The highest BCUT2D eigenvalue weighted by Crippen LogP contribution is 2.26. The quantitative estimate of drug-likeness (QED) is 0.0145. The van der Waals surface area contributed by atoms with Crippen LogP contribution >= 0.6 is 0 Å². The van der Waals surface area contributed by atoms with Crippen LogP contribution in [-0.4, -0.2) is 193 Å². The standard InChI is InChI=1S/C65H87N17O12/c1-5-69-61(91)53-17-11-25-82(53)64(94)47(16-10-24-70-65(66)67)75-57(87)48(26-36(2)3)76-58(88)50(29-39-32-72-45-15-9-7-13-43(39)45)79-62(92)54(27-37-18-20-41(84)21-19-37)81(4)63(93)52(34-83)80-59(89)49(28-38-31-71-44-14-8-6-12-42(38)44)77-60(90)51(30-40-33-68-35-73-40)78-56(86)46-22-23-55(85)74-46/h6,8-9,12,14-15,18-21,31-33,35-36,46-54,71-72,83-84H,5,7,10-11,13,16-17,22-30,34H2,1-4H3,(H,68,73)(H,69,91)(H,74,85)(H,75,87)(H,76,88)(H,77,90)(H,78,86)(H,79,92)(H,80,89)(H4,66,67,70)/t46-,47-,48-,49-,50+,51-,52-,53-,54-/m0/s1. The molecule has 0 spiro atoms. The number of nitrogens with one attached hydrogen (secondary N) is 11. The van der Waals surface area contributed by atoms with Crippen molar-refractivity contribution in [3.8, 4) is 5.75 Å². The Morgan fingerprint density at radius 1 is 0.755 bits per heavy atom. The van der Waals surface area contributed by atoms with E-state index in [1.54, 1.807) is 25.4 Å². The zero-order valence-electron chi connectivity index (χ0n) is 53.3. The van der Waals surface area contributed by atoms with E-state index in [0.29, 0.717) is 60.0 Å². The number of aromatic hydroxyl groups is 1. The minimum Gasteiger partial charge on any atom is -0.508 e. The maximum atomic E-state index is 15.3. The first-order chi connectivity index (χ1) is 45.1. The Kier molecular flexibility index (Phi) is 24.5. The lowest BCUT2D eigenvalue weighted by Gasteiger charge is -2.33. The number of imidazole rings is 1. The monoisotopic (exact) mass is 1300 g/mol. The highest BCUT2D eigenvalue weighted by Gasteiger charge is 2.41. The Labute approximate surface area is 543 Å². The molecule has 9 atom stereocenters. The zero-order chi connectivity index (χ0) is 67.6. The molecule has 2 aliphatic heterocycles. The predicted molar refractivity (Wildman–Crippen MR) is 347 cm³/mol. The van der Waals surface area contributed by atoms with Crippen LogP contribution in [0, 0.1) is 5.92 Å². The number of aromatic nitrogens is 4. The summed E-state index contributed by atoms with van der Waals surface area (Å²) in [5.41, 5.74) is 15.8. The number of guanidine groups is 1. The van der Waals surface area contributed by atoms with Gasteiger partial charge >= 0.3 is 0 Å². The number of rotatable bonds is 32. The first-order valence-corrected chi connectivity index (χ1v) is 31.9. The van der Waals surface area contributed by atoms with Gasteiger partial charge in [0.15, 0.2) is 5.96 Å². The van der Waals surface area contributed by atoms with Crippen molar-refractivity contribution < 1.29 is 58.2 Å². The normalized spacial score (nSPS) is 17.3. The number of fused-ring (bicyclic) bond motifs is 2. The van der Waals surface area contributed by atoms with E-state index in [0.717, 1.165) is 21.7 Å². The third-order valence-electron chi connectivity index (χ3n) is 17.0. The van der Waals surface area contributed by atoms with Crippen molar-refractivity contribution in [1.82, 2.24) is 72.3 Å². The molecule has 2 fully saturated rings. The van der Waals surface area contributed by atoms with Crippen molar-refractivity contribution in [3.63, 3.8) is 0 Å². The van der Waals surface area contributed by atoms with E-state index < -0.39 is 108 Å². The maximum Gasteiger partial charge on any atom is 0.247 e. The topological polar surface area (TPSA) is 439 Å². The number of likely N-dealkylation sites (tertiary alicyclic amines) is 1. The number of aliphatic hydroxyl groups excluding tert-OH is 1. The summed E-state index contributed by atoms with van der Waals surface area (Å²) in [7, 11) is 1.28. The molecule has 2 aromatic carbocycles. The number of phenolic OH excluding ortho intramolecular Hbond substituents is 1. The summed E-state index contributed by atoms with van der Waals surface area (Å²) in [6.45, 7) is 5.20. The molecule has 0 radical (unpaired) electrons. The fourth-order valence-corrected chi connectivity index (χ4v) is 12.1. The number of benzene rings is 2. The van der Waals surface area contributed by atoms with Crippen LogP contribution in [0.3, 0.4) is 0 Å². The molecule has 94 heavy (non-hydrogen) atoms. The van der Waals surface area contributed by atoms with Crippen molar-refractivity contribution in [2.24, 2.45) is 22.4 Å². The summed E-state index contributed by atoms with van der Waals surface area (Å²) in [6, 6.07) is 1.45. The Hall–Kier alpha value is -10.1. The maximum absolute atomic E-state index is 15.3. The van der Waals surface area contributed by atoms with Gasteiger partial charge in [0.1, 0.15) is 60.1 Å². The first-order valence-electron chi connectivity index (χ1n) is 31.9. The van der Waals surface area contributed by atoms with E-state index in [4.69, 9.17) is 11.5 Å². The minimum absolute atomic E-state index is 0.0738. The highest BCUT2D eigenvalue weighted by atomic mass is 16.3. The number of para-hydroxylation sites is 1. The summed E-state index contributed by atoms with van der Waals surface area (Å²) in [4.78, 5) is 163. The third-order valence-corrected chi connectivity index (χ3v) is 17.0. The first kappa shape index (κ1) is 69.8. The van der Waals surface area contributed by atoms with E-state index in [1.807, 2.05) is 44.2 Å². The Balaban J connectivity index is 1.07. The van der Waals surface area contributed by atoms with Gasteiger partial charge in [-0.3, -0.25) is 52.9 Å². The van der Waals surface area contributed by atoms with Crippen LogP contribution in [0.15, 0.2) is 84.5 Å². The van der Waals surface area contributed by atoms with Crippen molar-refractivity contribution >= 4 is 82.0 Å². The van der Waals surface area contributed by atoms with E-state index in [1.165, 1.54) is 48.7 Å². The van der Waals surface area contributed by atoms with Gasteiger partial charge in [-0.25, -0.2) is 4.98 Å². The average molecular weight is 1300 g/mol. The summed E-state index contributed by atoms with van der Waals surface area (Å²) >= 11 is 0. The van der Waals surface area contributed by atoms with Gasteiger partial charge in [-0.05, 0) is 111 Å². The molecule has 5 aromatic rings. The number of hydrogen-bond donors (Lipinski definition) is 15. The van der Waals surface area contributed by atoms with Crippen LogP contribution in [0.1, 0.15) is 106 Å². The number of carbonyl (C=O) groups is 10. The second kappa shape index (κ2) is 33.0. The smallest absolute Gasteiger partial charge is 0.247 e. The minimum atomic E-state index is -1.76. The van der Waals surface area contributed by atoms with Crippen LogP contribution in [0.5, 0.6) is 5.75 Å². The molecule has 8 rings (SSSR count). The number of nitrogens with two attached hydrogens (primary N) is 2. The summed E-state index contributed by atoms with van der Waals surface area (Å²) in [5.74, 6) is -7.32. The molecule has 0 saturated carbocycles. The van der Waals surface area contributed by atoms with Crippen LogP contribution in [0.4, 0.5) is 0 Å². The number of hydrogen-bond acceptors (Lipinski definition) is 14. The molecule has 10 amide bonds. The summed E-state index contributed by atoms with van der Waals surface area (Å²) < 4.78 is 0. The van der Waals surface area contributed by atoms with Crippen molar-refractivity contribution in [2.45, 2.75) is 159 Å². The lowest BCUT2D eigenvalue weighted by molar-refractivity contribution is -0.144. The van der Waals surface area contributed by atoms with Gasteiger partial charge in [-0.2, -0.15) is 0 Å². The number of aliphatic hydroxyl groups is 1. The molecular formula is C65H87N17O12. The van der Waals surface area contributed by atoms with Crippen LogP contribution in [0.25, 0.3) is 17.0 Å². The fraction of sp³-hybridized carbons (Fsp3) is 0.477. The van der Waals surface area contributed by atoms with Crippen molar-refractivity contribution in [2.75, 3.05) is 33.3 Å². The average Bonchev–Trinajstić information content (AvgIpc) is 1.52. The molecule has 2 saturated heterocycles. The second-order valence-corrected chi connectivity index (χ2v) is 24.4. The van der Waals surface area contributed by atoms with Crippen LogP contribution < -0.4 is 54.0 Å². The van der Waals surface area contributed by atoms with Gasteiger partial charge in [0, 0.05) is 99.7 Å². The van der Waals surface area contributed by atoms with E-state index in [-0.39, 0.29) is 100 Å². The van der Waals surface area contributed by atoms with Gasteiger partial charge < -0.3 is 89.0 Å². The number of nitrogens with zero attached hydrogens (tertiary/aromatic N) is 4. The van der Waals surface area contributed by atoms with E-state index in [2.05, 4.69) is 67.5 Å². The van der Waals surface area contributed by atoms with Gasteiger partial charge in [0.2, 0.25) is 59.1 Å². The fourth-order valence-electron chi connectivity index (χ4n) is 12.1. The van der Waals surface area contributed by atoms with Crippen LogP contribution in [-0.2, 0) is 80.0 Å². The molecule has 17 N–H and O–H groups in total. The predicted octanol–water partition coefficient (Wildman–Crippen LogP) is -0.612. The molecule has 1 aliphatic carbocycles. The molecule has 5 heterocycles. The molecule has 29 nitrogen and oxygen atoms in total. The molecule has 3 aromatic heterocycles. The number of aromatic amines is 3. The largest absolute Gasteiger partial charge is 0.508 e. The number of H-pyrrole nitrogens is 3. The molecule has 504 valence electrons. The van der Waals surface area contributed by atoms with Gasteiger partial charge in [0.05, 0.1) is 12.9 Å². The third kappa shape index (κ3) is 18.6. The number of allylic oxidation sites excluding steroid dienone is 1. The number of phenols is 1. The van der Waals surface area contributed by atoms with E-state index >= 15 is 14.4 Å². The Morgan fingerprint density at radius 2 is 1.41 bits per heavy atom. The lowest BCUT2D eigenvalue weighted by atomic mass is 9.95. The van der Waals surface area contributed by atoms with Gasteiger partial charge in [-0.1, -0.05) is 50.3 Å². The molecule has 3 aliphatic rings. The lowest BCUT2D eigenvalue weighted by Crippen LogP contribution is -2.62. The van der Waals surface area contributed by atoms with Crippen molar-refractivity contribution in [3.05, 3.63) is 113 Å². The molecule has 29 heteroatoms. The number of aliphatic imine (C=N–C) groups is 1. The van der Waals surface area contributed by atoms with E-state index in [9.17, 15) is 43.8 Å². The summed E-state index contributed by atoms with van der Waals surface area (Å²) in [5, 5.41) is 44.1. The SMILES string of the molecule is CCNC(=O)[C@@H]1CCCN1C(=O)[C@H](CCCN=C(N)N)NC(=O)[C@H](CC(C)C)NC(=O)[C@@H](Cc1c[nH]c2c1CCC=C2)NC(=O)[C@H](Cc1ccc(O)cc1)N(C)C(=O)[C@H](CO)NC(=O)[C@H](Cc1c[nH]c2ccccc12)NC(=O)[C@H](Cc1cnc[nH]1)NC(=O)[C@@H]1CCC(=O)N1. The molecular weight excluding hydrogens is 1210 g/mol.